The first-order valence-corrected chi connectivity index (χ1v) is 5.21. The van der Waals surface area contributed by atoms with E-state index in [1.54, 1.807) is 6.92 Å². The Morgan fingerprint density at radius 2 is 1.93 bits per heavy atom. The van der Waals surface area contributed by atoms with E-state index >= 15 is 0 Å². The molecular weight excluding hydrogens is 190 g/mol. The predicted octanol–water partition coefficient (Wildman–Crippen LogP) is 1.85. The second kappa shape index (κ2) is 5.14. The van der Waals surface area contributed by atoms with Gasteiger partial charge in [0.2, 0.25) is 0 Å². The number of hydrogen-bond donors (Lipinski definition) is 2. The van der Waals surface area contributed by atoms with Gasteiger partial charge in [0.25, 0.3) is 0 Å². The summed E-state index contributed by atoms with van der Waals surface area (Å²) >= 11 is 0. The summed E-state index contributed by atoms with van der Waals surface area (Å²) in [5.41, 5.74) is 6.42. The van der Waals surface area contributed by atoms with E-state index in [9.17, 15) is 5.11 Å². The van der Waals surface area contributed by atoms with Crippen LogP contribution < -0.4 is 10.5 Å². The fraction of sp³-hybridized carbons (Fsp3) is 0.500. The van der Waals surface area contributed by atoms with E-state index in [2.05, 4.69) is 0 Å². The summed E-state index contributed by atoms with van der Waals surface area (Å²) in [4.78, 5) is 0. The third-order valence-electron chi connectivity index (χ3n) is 2.07. The molecule has 0 bridgehead atoms. The van der Waals surface area contributed by atoms with Crippen molar-refractivity contribution < 1.29 is 9.84 Å². The Hall–Kier alpha value is -1.06. The maximum absolute atomic E-state index is 9.78. The Bertz CT molecular complexity index is 310. The van der Waals surface area contributed by atoms with E-state index in [-0.39, 0.29) is 12.1 Å². The van der Waals surface area contributed by atoms with Crippen LogP contribution in [0.25, 0.3) is 0 Å². The van der Waals surface area contributed by atoms with Crippen LogP contribution in [0.3, 0.4) is 0 Å². The fourth-order valence-electron chi connectivity index (χ4n) is 1.35. The van der Waals surface area contributed by atoms with E-state index in [1.807, 2.05) is 38.1 Å². The van der Waals surface area contributed by atoms with Crippen molar-refractivity contribution in [2.45, 2.75) is 39.0 Å². The molecule has 0 heterocycles. The number of ether oxygens (including phenoxy) is 1. The third-order valence-corrected chi connectivity index (χ3v) is 2.07. The quantitative estimate of drug-likeness (QED) is 0.795. The molecule has 3 nitrogen and oxygen atoms in total. The van der Waals surface area contributed by atoms with Gasteiger partial charge in [0.1, 0.15) is 5.75 Å². The highest BCUT2D eigenvalue weighted by Crippen LogP contribution is 2.21. The minimum atomic E-state index is -0.638. The lowest BCUT2D eigenvalue weighted by atomic mass is 10.0. The summed E-state index contributed by atoms with van der Waals surface area (Å²) in [5, 5.41) is 9.78. The molecule has 1 rings (SSSR count). The van der Waals surface area contributed by atoms with Gasteiger partial charge in [-0.05, 0) is 38.5 Å². The molecule has 0 fully saturated rings. The average molecular weight is 209 g/mol. The van der Waals surface area contributed by atoms with Gasteiger partial charge in [-0.15, -0.1) is 0 Å². The Labute approximate surface area is 90.9 Å². The predicted molar refractivity (Wildman–Crippen MR) is 60.8 cm³/mol. The summed E-state index contributed by atoms with van der Waals surface area (Å²) in [6.07, 6.45) is -0.506. The molecule has 0 saturated heterocycles. The van der Waals surface area contributed by atoms with E-state index in [0.29, 0.717) is 0 Å². The zero-order chi connectivity index (χ0) is 11.4. The molecule has 0 aliphatic heterocycles. The monoisotopic (exact) mass is 209 g/mol. The van der Waals surface area contributed by atoms with Crippen molar-refractivity contribution >= 4 is 0 Å². The fourth-order valence-corrected chi connectivity index (χ4v) is 1.35. The van der Waals surface area contributed by atoms with Crippen molar-refractivity contribution in [3.8, 4) is 5.75 Å². The molecule has 3 heteroatoms. The molecule has 0 aromatic heterocycles. The second-order valence-electron chi connectivity index (χ2n) is 4.04. The van der Waals surface area contributed by atoms with Crippen LogP contribution in [0.2, 0.25) is 0 Å². The molecule has 1 aromatic carbocycles. The lowest BCUT2D eigenvalue weighted by molar-refractivity contribution is 0.152. The molecule has 84 valence electrons. The Morgan fingerprint density at radius 3 is 2.47 bits per heavy atom. The van der Waals surface area contributed by atoms with Crippen LogP contribution in [-0.4, -0.2) is 17.3 Å². The largest absolute Gasteiger partial charge is 0.491 e. The summed E-state index contributed by atoms with van der Waals surface area (Å²) in [7, 11) is 0. The second-order valence-corrected chi connectivity index (χ2v) is 4.04. The van der Waals surface area contributed by atoms with Crippen molar-refractivity contribution in [2.24, 2.45) is 5.73 Å². The minimum Gasteiger partial charge on any atom is -0.491 e. The summed E-state index contributed by atoms with van der Waals surface area (Å²) < 4.78 is 5.53. The first kappa shape index (κ1) is 12.0. The van der Waals surface area contributed by atoms with Crippen LogP contribution in [0.15, 0.2) is 24.3 Å². The molecule has 0 spiro atoms. The first-order valence-electron chi connectivity index (χ1n) is 5.21. The van der Waals surface area contributed by atoms with Gasteiger partial charge in [-0.3, -0.25) is 0 Å². The van der Waals surface area contributed by atoms with Gasteiger partial charge in [-0.1, -0.05) is 12.1 Å². The molecule has 0 amide bonds. The van der Waals surface area contributed by atoms with Gasteiger partial charge < -0.3 is 15.6 Å². The molecular formula is C12H19NO2. The number of aliphatic hydroxyl groups excluding tert-OH is 1. The normalized spacial score (nSPS) is 15.1. The molecule has 2 atom stereocenters. The zero-order valence-electron chi connectivity index (χ0n) is 9.47. The highest BCUT2D eigenvalue weighted by molar-refractivity contribution is 5.30. The lowest BCUT2D eigenvalue weighted by Crippen LogP contribution is -2.24. The van der Waals surface area contributed by atoms with Gasteiger partial charge in [0, 0.05) is 6.04 Å². The van der Waals surface area contributed by atoms with Crippen LogP contribution in [0.1, 0.15) is 32.4 Å². The summed E-state index contributed by atoms with van der Waals surface area (Å²) in [5.74, 6) is 0.766. The molecule has 1 aromatic rings. The van der Waals surface area contributed by atoms with Crippen LogP contribution in [0, 0.1) is 0 Å². The SMILES string of the molecule is CC(C)Oc1cccc(C(O)C(C)N)c1. The number of nitrogens with two attached hydrogens (primary N) is 1. The maximum Gasteiger partial charge on any atom is 0.120 e. The van der Waals surface area contributed by atoms with Crippen LogP contribution >= 0.6 is 0 Å². The number of aliphatic hydroxyl groups is 1. The number of hydrogen-bond acceptors (Lipinski definition) is 3. The molecule has 15 heavy (non-hydrogen) atoms. The standard InChI is InChI=1S/C12H19NO2/c1-8(2)15-11-6-4-5-10(7-11)12(14)9(3)13/h4-9,12,14H,13H2,1-3H3. The van der Waals surface area contributed by atoms with Crippen molar-refractivity contribution in [3.63, 3.8) is 0 Å². The molecule has 3 N–H and O–H groups in total. The first-order chi connectivity index (χ1) is 7.00. The van der Waals surface area contributed by atoms with Crippen LogP contribution in [0.5, 0.6) is 5.75 Å². The summed E-state index contributed by atoms with van der Waals surface area (Å²) in [6.45, 7) is 5.71. The van der Waals surface area contributed by atoms with Crippen molar-refractivity contribution in [1.82, 2.24) is 0 Å². The maximum atomic E-state index is 9.78. The van der Waals surface area contributed by atoms with E-state index in [4.69, 9.17) is 10.5 Å². The highest BCUT2D eigenvalue weighted by atomic mass is 16.5. The molecule has 0 radical (unpaired) electrons. The number of rotatable bonds is 4. The molecule has 0 aliphatic rings. The summed E-state index contributed by atoms with van der Waals surface area (Å²) in [6, 6.07) is 7.13. The Balaban J connectivity index is 2.82. The highest BCUT2D eigenvalue weighted by Gasteiger charge is 2.12. The van der Waals surface area contributed by atoms with Crippen LogP contribution in [-0.2, 0) is 0 Å². The van der Waals surface area contributed by atoms with Gasteiger partial charge in [0.15, 0.2) is 0 Å². The lowest BCUT2D eigenvalue weighted by Gasteiger charge is -2.16. The average Bonchev–Trinajstić information content (AvgIpc) is 2.16. The Kier molecular flexibility index (Phi) is 4.12. The topological polar surface area (TPSA) is 55.5 Å². The van der Waals surface area contributed by atoms with Crippen molar-refractivity contribution in [2.75, 3.05) is 0 Å². The smallest absolute Gasteiger partial charge is 0.120 e. The molecule has 2 unspecified atom stereocenters. The Morgan fingerprint density at radius 1 is 1.27 bits per heavy atom. The van der Waals surface area contributed by atoms with E-state index in [0.717, 1.165) is 11.3 Å². The van der Waals surface area contributed by atoms with Crippen molar-refractivity contribution in [3.05, 3.63) is 29.8 Å². The third kappa shape index (κ3) is 3.53. The number of benzene rings is 1. The van der Waals surface area contributed by atoms with Gasteiger partial charge in [0.05, 0.1) is 12.2 Å². The van der Waals surface area contributed by atoms with Crippen molar-refractivity contribution in [1.29, 1.82) is 0 Å². The van der Waals surface area contributed by atoms with E-state index < -0.39 is 6.10 Å². The minimum absolute atomic E-state index is 0.132. The molecule has 0 saturated carbocycles. The van der Waals surface area contributed by atoms with Crippen LogP contribution in [0.4, 0.5) is 0 Å². The van der Waals surface area contributed by atoms with Gasteiger partial charge >= 0.3 is 0 Å². The van der Waals surface area contributed by atoms with Gasteiger partial charge in [-0.2, -0.15) is 0 Å². The van der Waals surface area contributed by atoms with Gasteiger partial charge in [-0.25, -0.2) is 0 Å². The zero-order valence-corrected chi connectivity index (χ0v) is 9.47. The van der Waals surface area contributed by atoms with E-state index in [1.165, 1.54) is 0 Å². The molecule has 0 aliphatic carbocycles.